The molecular weight excluding hydrogens is 396 g/mol. The number of nitrogens with zero attached hydrogens (tertiary/aromatic N) is 3. The second-order valence-electron chi connectivity index (χ2n) is 10.5. The molecule has 1 aromatic rings. The summed E-state index contributed by atoms with van der Waals surface area (Å²) < 4.78 is 0. The molecule has 2 N–H and O–H groups in total. The van der Waals surface area contributed by atoms with Crippen LogP contribution < -0.4 is 5.73 Å². The van der Waals surface area contributed by atoms with Gasteiger partial charge in [-0.3, -0.25) is 9.69 Å². The first-order chi connectivity index (χ1) is 13.9. The van der Waals surface area contributed by atoms with E-state index in [0.29, 0.717) is 29.9 Å². The molecule has 1 heterocycles. The molecule has 2 unspecified atom stereocenters. The molecule has 160 valence electrons. The van der Waals surface area contributed by atoms with Gasteiger partial charge in [0.2, 0.25) is 0 Å². The Hall–Kier alpha value is -2.06. The minimum Gasteiger partial charge on any atom is -0.369 e. The fourth-order valence-corrected chi connectivity index (χ4v) is 6.35. The molecule has 1 aliphatic heterocycles. The number of hydrogen-bond acceptors (Lipinski definition) is 4. The van der Waals surface area contributed by atoms with Crippen LogP contribution in [0.1, 0.15) is 64.2 Å². The lowest BCUT2D eigenvalue weighted by Crippen LogP contribution is -2.55. The largest absolute Gasteiger partial charge is 0.369 e. The van der Waals surface area contributed by atoms with Crippen LogP contribution in [-0.2, 0) is 16.8 Å². The number of guanidine groups is 1. The number of carbonyl (C=O) groups excluding carboxylic acids is 1. The molecule has 0 radical (unpaired) electrons. The van der Waals surface area contributed by atoms with Gasteiger partial charge in [0, 0.05) is 12.0 Å². The van der Waals surface area contributed by atoms with Crippen LogP contribution >= 0.6 is 11.6 Å². The summed E-state index contributed by atoms with van der Waals surface area (Å²) in [6.07, 6.45) is 2.61. The van der Waals surface area contributed by atoms with E-state index >= 15 is 0 Å². The van der Waals surface area contributed by atoms with E-state index in [4.69, 9.17) is 22.3 Å². The van der Waals surface area contributed by atoms with E-state index in [2.05, 4.69) is 26.8 Å². The Bertz CT molecular complexity index is 960. The van der Waals surface area contributed by atoms with Crippen molar-refractivity contribution < 1.29 is 4.79 Å². The highest BCUT2D eigenvalue weighted by atomic mass is 35.5. The number of hydrogen-bond donors (Lipinski definition) is 1. The highest BCUT2D eigenvalue weighted by molar-refractivity contribution is 6.24. The molecule has 1 amide bonds. The summed E-state index contributed by atoms with van der Waals surface area (Å²) in [6, 6.07) is 7.94. The molecule has 4 rings (SSSR count). The number of nitrogens with two attached hydrogens (primary N) is 1. The topological polar surface area (TPSA) is 82.5 Å². The SMILES string of the molecule is CC1[C@H](C)CC2(Cc3ccc(C#N)cc3[C@]23N=C(N)N(CC(C)(C)Cl)C3=O)C[C@@H]1C. The zero-order chi connectivity index (χ0) is 22.1. The van der Waals surface area contributed by atoms with E-state index in [1.54, 1.807) is 4.90 Å². The van der Waals surface area contributed by atoms with Crippen molar-refractivity contribution in [2.45, 2.75) is 64.3 Å². The molecule has 5 nitrogen and oxygen atoms in total. The van der Waals surface area contributed by atoms with Gasteiger partial charge < -0.3 is 5.73 Å². The molecule has 1 saturated carbocycles. The minimum absolute atomic E-state index is 0.0866. The van der Waals surface area contributed by atoms with Crippen molar-refractivity contribution in [3.8, 4) is 6.07 Å². The van der Waals surface area contributed by atoms with Crippen LogP contribution in [0, 0.1) is 34.5 Å². The predicted octanol–water partition coefficient (Wildman–Crippen LogP) is 4.17. The molecule has 1 aromatic carbocycles. The van der Waals surface area contributed by atoms with Gasteiger partial charge in [-0.2, -0.15) is 5.26 Å². The molecular formula is C24H31ClN4O. The van der Waals surface area contributed by atoms with Gasteiger partial charge >= 0.3 is 0 Å². The second kappa shape index (κ2) is 6.72. The molecule has 3 aliphatic rings. The maximum atomic E-state index is 14.1. The van der Waals surface area contributed by atoms with Gasteiger partial charge in [0.1, 0.15) is 0 Å². The monoisotopic (exact) mass is 426 g/mol. The van der Waals surface area contributed by atoms with Gasteiger partial charge in [-0.15, -0.1) is 11.6 Å². The average Bonchev–Trinajstić information content (AvgIpc) is 3.05. The van der Waals surface area contributed by atoms with E-state index in [1.807, 2.05) is 32.0 Å². The number of rotatable bonds is 2. The van der Waals surface area contributed by atoms with Crippen LogP contribution in [0.2, 0.25) is 0 Å². The third-order valence-electron chi connectivity index (χ3n) is 7.79. The van der Waals surface area contributed by atoms with E-state index in [1.165, 1.54) is 0 Å². The molecule has 1 fully saturated rings. The lowest BCUT2D eigenvalue weighted by molar-refractivity contribution is -0.139. The van der Waals surface area contributed by atoms with Gasteiger partial charge in [0.05, 0.1) is 16.5 Å². The Kier molecular flexibility index (Phi) is 4.74. The Labute approximate surface area is 184 Å². The van der Waals surface area contributed by atoms with Gasteiger partial charge in [-0.25, -0.2) is 4.99 Å². The first kappa shape index (κ1) is 21.2. The zero-order valence-electron chi connectivity index (χ0n) is 18.5. The second-order valence-corrected chi connectivity index (χ2v) is 11.5. The maximum Gasteiger partial charge on any atom is 0.262 e. The molecule has 0 saturated heterocycles. The quantitative estimate of drug-likeness (QED) is 0.720. The molecule has 6 heteroatoms. The average molecular weight is 427 g/mol. The van der Waals surface area contributed by atoms with E-state index in [9.17, 15) is 10.1 Å². The predicted molar refractivity (Wildman–Crippen MR) is 119 cm³/mol. The number of alkyl halides is 1. The third-order valence-corrected chi connectivity index (χ3v) is 7.91. The Morgan fingerprint density at radius 1 is 1.30 bits per heavy atom. The van der Waals surface area contributed by atoms with Crippen LogP contribution in [0.5, 0.6) is 0 Å². The smallest absolute Gasteiger partial charge is 0.262 e. The summed E-state index contributed by atoms with van der Waals surface area (Å²) in [4.78, 5) is 20.0. The summed E-state index contributed by atoms with van der Waals surface area (Å²) in [6.45, 7) is 10.9. The fraction of sp³-hybridized carbons (Fsp3) is 0.625. The van der Waals surface area contributed by atoms with Gasteiger partial charge in [0.25, 0.3) is 5.91 Å². The molecule has 0 bridgehead atoms. The zero-order valence-corrected chi connectivity index (χ0v) is 19.3. The van der Waals surface area contributed by atoms with Crippen molar-refractivity contribution in [1.82, 2.24) is 4.90 Å². The molecule has 2 spiro atoms. The van der Waals surface area contributed by atoms with Crippen LogP contribution in [0.25, 0.3) is 0 Å². The number of benzene rings is 1. The van der Waals surface area contributed by atoms with Crippen LogP contribution in [0.3, 0.4) is 0 Å². The molecule has 2 aliphatic carbocycles. The summed E-state index contributed by atoms with van der Waals surface area (Å²) in [7, 11) is 0. The van der Waals surface area contributed by atoms with E-state index < -0.39 is 10.4 Å². The Morgan fingerprint density at radius 3 is 2.50 bits per heavy atom. The third kappa shape index (κ3) is 2.87. The summed E-state index contributed by atoms with van der Waals surface area (Å²) in [5.74, 6) is 1.68. The summed E-state index contributed by atoms with van der Waals surface area (Å²) >= 11 is 6.48. The number of amides is 1. The summed E-state index contributed by atoms with van der Waals surface area (Å²) in [5.41, 5.74) is 7.50. The number of nitriles is 1. The van der Waals surface area contributed by atoms with Gasteiger partial charge in [-0.05, 0) is 74.1 Å². The molecule has 5 atom stereocenters. The minimum atomic E-state index is -1.07. The maximum absolute atomic E-state index is 14.1. The van der Waals surface area contributed by atoms with Crippen molar-refractivity contribution in [2.24, 2.45) is 33.9 Å². The van der Waals surface area contributed by atoms with Crippen molar-refractivity contribution in [2.75, 3.05) is 6.54 Å². The molecule has 0 aromatic heterocycles. The van der Waals surface area contributed by atoms with Crippen LogP contribution in [0.4, 0.5) is 0 Å². The first-order valence-electron chi connectivity index (χ1n) is 10.8. The van der Waals surface area contributed by atoms with E-state index in [-0.39, 0.29) is 17.3 Å². The Balaban J connectivity index is 1.92. The van der Waals surface area contributed by atoms with E-state index in [0.717, 1.165) is 30.4 Å². The van der Waals surface area contributed by atoms with Gasteiger partial charge in [0.15, 0.2) is 11.5 Å². The van der Waals surface area contributed by atoms with Crippen molar-refractivity contribution >= 4 is 23.5 Å². The lowest BCUT2D eigenvalue weighted by atomic mass is 9.55. The highest BCUT2D eigenvalue weighted by Gasteiger charge is 2.68. The molecule has 30 heavy (non-hydrogen) atoms. The highest BCUT2D eigenvalue weighted by Crippen LogP contribution is 2.64. The number of aliphatic imine (C=N–C) groups is 1. The van der Waals surface area contributed by atoms with Crippen molar-refractivity contribution in [3.05, 3.63) is 34.9 Å². The standard InChI is InChI=1S/C24H31ClN4O/c1-14-9-23(10-15(2)16(14)3)11-18-7-6-17(12-26)8-19(18)24(23)20(30)29(21(27)28-24)13-22(4,5)25/h6-8,14-16H,9-11,13H2,1-5H3,(H2,27,28)/t14-,15+,16?,23?,24-/m1/s1. The number of halogens is 1. The van der Waals surface area contributed by atoms with Gasteiger partial charge in [-0.1, -0.05) is 26.8 Å². The van der Waals surface area contributed by atoms with Crippen molar-refractivity contribution in [1.29, 1.82) is 5.26 Å². The number of carbonyl (C=O) groups is 1. The van der Waals surface area contributed by atoms with Crippen LogP contribution in [0.15, 0.2) is 23.2 Å². The normalized spacial score (nSPS) is 35.6. The number of fused-ring (bicyclic) bond motifs is 3. The Morgan fingerprint density at radius 2 is 1.93 bits per heavy atom. The lowest BCUT2D eigenvalue weighted by Gasteiger charge is -2.50. The van der Waals surface area contributed by atoms with Crippen LogP contribution in [-0.4, -0.2) is 28.2 Å². The first-order valence-corrected chi connectivity index (χ1v) is 11.2. The summed E-state index contributed by atoms with van der Waals surface area (Å²) in [5, 5.41) is 9.52. The fourth-order valence-electron chi connectivity index (χ4n) is 6.23. The van der Waals surface area contributed by atoms with Crippen molar-refractivity contribution in [3.63, 3.8) is 0 Å².